The van der Waals surface area contributed by atoms with E-state index in [2.05, 4.69) is 67.1 Å². The van der Waals surface area contributed by atoms with E-state index in [1.807, 2.05) is 6.07 Å². The van der Waals surface area contributed by atoms with Crippen LogP contribution in [0, 0.1) is 5.92 Å². The van der Waals surface area contributed by atoms with Crippen molar-refractivity contribution in [3.8, 4) is 11.1 Å². The lowest BCUT2D eigenvalue weighted by Gasteiger charge is -2.14. The molecule has 130 valence electrons. The van der Waals surface area contributed by atoms with Crippen LogP contribution in [0.5, 0.6) is 0 Å². The first-order valence-corrected chi connectivity index (χ1v) is 8.52. The Bertz CT molecular complexity index is 564. The fourth-order valence-electron chi connectivity index (χ4n) is 2.52. The van der Waals surface area contributed by atoms with Crippen molar-refractivity contribution in [3.05, 3.63) is 60.2 Å². The van der Waals surface area contributed by atoms with Crippen LogP contribution in [0.1, 0.15) is 32.8 Å². The Morgan fingerprint density at radius 2 is 1.58 bits per heavy atom. The van der Waals surface area contributed by atoms with Crippen molar-refractivity contribution in [1.82, 2.24) is 0 Å². The minimum Gasteiger partial charge on any atom is -0.468 e. The van der Waals surface area contributed by atoms with Gasteiger partial charge in [0.15, 0.2) is 0 Å². The van der Waals surface area contributed by atoms with Gasteiger partial charge in [-0.2, -0.15) is 0 Å². The second-order valence-electron chi connectivity index (χ2n) is 6.21. The molecule has 0 aliphatic carbocycles. The molecule has 2 aromatic rings. The number of carbonyl (C=O) groups excluding carboxylic acids is 1. The Morgan fingerprint density at radius 3 is 2.04 bits per heavy atom. The zero-order valence-electron chi connectivity index (χ0n) is 14.9. The fourth-order valence-corrected chi connectivity index (χ4v) is 2.52. The van der Waals surface area contributed by atoms with Crippen LogP contribution in [0.3, 0.4) is 0 Å². The SMILES string of the molecule is CC(C)CC(N)Cc1ccc(-c2ccccc2)cc1.CCOC=O. The highest BCUT2D eigenvalue weighted by Gasteiger charge is 2.06. The molecule has 3 nitrogen and oxygen atoms in total. The highest BCUT2D eigenvalue weighted by molar-refractivity contribution is 5.63. The third kappa shape index (κ3) is 7.93. The molecule has 0 aliphatic rings. The Labute approximate surface area is 145 Å². The van der Waals surface area contributed by atoms with E-state index in [1.165, 1.54) is 16.7 Å². The Hall–Kier alpha value is -2.13. The van der Waals surface area contributed by atoms with Gasteiger partial charge in [0, 0.05) is 6.04 Å². The van der Waals surface area contributed by atoms with Crippen LogP contribution in [-0.4, -0.2) is 19.1 Å². The van der Waals surface area contributed by atoms with Gasteiger partial charge in [-0.3, -0.25) is 4.79 Å². The summed E-state index contributed by atoms with van der Waals surface area (Å²) in [7, 11) is 0. The van der Waals surface area contributed by atoms with Crippen LogP contribution in [0.25, 0.3) is 11.1 Å². The summed E-state index contributed by atoms with van der Waals surface area (Å²) < 4.78 is 4.15. The Balaban J connectivity index is 0.000000505. The smallest absolute Gasteiger partial charge is 0.293 e. The average molecular weight is 327 g/mol. The lowest BCUT2D eigenvalue weighted by Crippen LogP contribution is -2.24. The molecule has 1 atom stereocenters. The summed E-state index contributed by atoms with van der Waals surface area (Å²) in [6.45, 7) is 7.11. The van der Waals surface area contributed by atoms with Crippen LogP contribution >= 0.6 is 0 Å². The number of nitrogens with two attached hydrogens (primary N) is 1. The van der Waals surface area contributed by atoms with Crippen LogP contribution in [-0.2, 0) is 16.0 Å². The molecule has 3 heteroatoms. The maximum Gasteiger partial charge on any atom is 0.293 e. The lowest BCUT2D eigenvalue weighted by molar-refractivity contribution is -0.128. The van der Waals surface area contributed by atoms with Crippen LogP contribution in [0.2, 0.25) is 0 Å². The molecule has 2 aromatic carbocycles. The molecule has 0 fully saturated rings. The van der Waals surface area contributed by atoms with Gasteiger partial charge in [-0.15, -0.1) is 0 Å². The molecular formula is C21H29NO2. The quantitative estimate of drug-likeness (QED) is 0.764. The van der Waals surface area contributed by atoms with Gasteiger partial charge < -0.3 is 10.5 Å². The van der Waals surface area contributed by atoms with Crippen LogP contribution < -0.4 is 5.73 Å². The van der Waals surface area contributed by atoms with Gasteiger partial charge >= 0.3 is 0 Å². The predicted molar refractivity (Wildman–Crippen MR) is 101 cm³/mol. The van der Waals surface area contributed by atoms with Gasteiger partial charge in [-0.1, -0.05) is 68.4 Å². The summed E-state index contributed by atoms with van der Waals surface area (Å²) in [5, 5.41) is 0. The maximum absolute atomic E-state index is 9.18. The van der Waals surface area contributed by atoms with Gasteiger partial charge in [0.2, 0.25) is 0 Å². The Morgan fingerprint density at radius 1 is 1.00 bits per heavy atom. The van der Waals surface area contributed by atoms with Crippen LogP contribution in [0.4, 0.5) is 0 Å². The molecule has 0 heterocycles. The second kappa shape index (κ2) is 11.4. The summed E-state index contributed by atoms with van der Waals surface area (Å²) in [5.74, 6) is 0.665. The van der Waals surface area contributed by atoms with E-state index in [9.17, 15) is 4.79 Å². The van der Waals surface area contributed by atoms with E-state index >= 15 is 0 Å². The number of ether oxygens (including phenoxy) is 1. The second-order valence-corrected chi connectivity index (χ2v) is 6.21. The molecule has 0 aromatic heterocycles. The molecule has 2 rings (SSSR count). The molecule has 0 radical (unpaired) electrons. The van der Waals surface area contributed by atoms with E-state index in [0.717, 1.165) is 12.8 Å². The van der Waals surface area contributed by atoms with Gasteiger partial charge in [-0.05, 0) is 42.4 Å². The standard InChI is InChI=1S/C18H23N.C3H6O2/c1-14(2)12-18(19)13-15-8-10-17(11-9-15)16-6-4-3-5-7-16;1-2-5-3-4/h3-11,14,18H,12-13,19H2,1-2H3;3H,2H2,1H3. The Kier molecular flexibility index (Phi) is 9.47. The van der Waals surface area contributed by atoms with Crippen molar-refractivity contribution in [2.24, 2.45) is 11.7 Å². The van der Waals surface area contributed by atoms with E-state index in [0.29, 0.717) is 19.0 Å². The number of rotatable bonds is 7. The van der Waals surface area contributed by atoms with Crippen molar-refractivity contribution in [1.29, 1.82) is 0 Å². The zero-order chi connectivity index (χ0) is 17.8. The van der Waals surface area contributed by atoms with E-state index in [-0.39, 0.29) is 6.04 Å². The van der Waals surface area contributed by atoms with E-state index < -0.39 is 0 Å². The maximum atomic E-state index is 9.18. The van der Waals surface area contributed by atoms with E-state index in [1.54, 1.807) is 6.92 Å². The lowest BCUT2D eigenvalue weighted by atomic mass is 9.96. The summed E-state index contributed by atoms with van der Waals surface area (Å²) in [6, 6.07) is 19.5. The number of hydrogen-bond acceptors (Lipinski definition) is 3. The number of carbonyl (C=O) groups is 1. The van der Waals surface area contributed by atoms with Gasteiger partial charge in [-0.25, -0.2) is 0 Å². The summed E-state index contributed by atoms with van der Waals surface area (Å²) in [4.78, 5) is 9.18. The monoisotopic (exact) mass is 327 g/mol. The first kappa shape index (κ1) is 19.9. The molecule has 0 saturated carbocycles. The van der Waals surface area contributed by atoms with Gasteiger partial charge in [0.25, 0.3) is 6.47 Å². The van der Waals surface area contributed by atoms with Crippen LogP contribution in [0.15, 0.2) is 54.6 Å². The highest BCUT2D eigenvalue weighted by atomic mass is 16.5. The average Bonchev–Trinajstić information content (AvgIpc) is 2.57. The predicted octanol–water partition coefficient (Wildman–Crippen LogP) is 4.45. The number of benzene rings is 2. The minimum absolute atomic E-state index is 0.266. The molecule has 0 saturated heterocycles. The largest absolute Gasteiger partial charge is 0.468 e. The summed E-state index contributed by atoms with van der Waals surface area (Å²) in [6.07, 6.45) is 2.05. The van der Waals surface area contributed by atoms with Crippen molar-refractivity contribution in [3.63, 3.8) is 0 Å². The first-order chi connectivity index (χ1) is 11.6. The summed E-state index contributed by atoms with van der Waals surface area (Å²) >= 11 is 0. The zero-order valence-corrected chi connectivity index (χ0v) is 14.9. The highest BCUT2D eigenvalue weighted by Crippen LogP contribution is 2.20. The van der Waals surface area contributed by atoms with Crippen molar-refractivity contribution < 1.29 is 9.53 Å². The molecule has 0 bridgehead atoms. The molecule has 0 amide bonds. The molecule has 24 heavy (non-hydrogen) atoms. The van der Waals surface area contributed by atoms with Crippen molar-refractivity contribution >= 4 is 6.47 Å². The third-order valence-electron chi connectivity index (χ3n) is 3.57. The fraction of sp³-hybridized carbons (Fsp3) is 0.381. The van der Waals surface area contributed by atoms with Crippen molar-refractivity contribution in [2.45, 2.75) is 39.7 Å². The minimum atomic E-state index is 0.266. The van der Waals surface area contributed by atoms with Gasteiger partial charge in [0.1, 0.15) is 0 Å². The molecule has 0 spiro atoms. The summed E-state index contributed by atoms with van der Waals surface area (Å²) in [5.41, 5.74) is 10.0. The molecule has 1 unspecified atom stereocenters. The van der Waals surface area contributed by atoms with E-state index in [4.69, 9.17) is 5.73 Å². The number of hydrogen-bond donors (Lipinski definition) is 1. The third-order valence-corrected chi connectivity index (χ3v) is 3.57. The molecule has 0 aliphatic heterocycles. The van der Waals surface area contributed by atoms with Crippen molar-refractivity contribution in [2.75, 3.05) is 6.61 Å². The first-order valence-electron chi connectivity index (χ1n) is 8.52. The molecular weight excluding hydrogens is 298 g/mol. The van der Waals surface area contributed by atoms with Gasteiger partial charge in [0.05, 0.1) is 6.61 Å². The topological polar surface area (TPSA) is 52.3 Å². The normalized spacial score (nSPS) is 11.4. The molecule has 2 N–H and O–H groups in total.